The molecule has 0 spiro atoms. The molecule has 8 nitrogen and oxygen atoms in total. The number of nitrogens with one attached hydrogen (secondary N) is 1. The minimum atomic E-state index is -0.357. The summed E-state index contributed by atoms with van der Waals surface area (Å²) in [5, 5.41) is 15.9. The second kappa shape index (κ2) is 9.90. The Labute approximate surface area is 180 Å². The number of carbonyl (C=O) groups is 1. The van der Waals surface area contributed by atoms with Crippen molar-refractivity contribution in [3.63, 3.8) is 0 Å². The van der Waals surface area contributed by atoms with Gasteiger partial charge < -0.3 is 14.7 Å². The first-order chi connectivity index (χ1) is 14.9. The predicted molar refractivity (Wildman–Crippen MR) is 121 cm³/mol. The van der Waals surface area contributed by atoms with Crippen LogP contribution in [0.1, 0.15) is 18.9 Å². The number of rotatable bonds is 8. The second-order valence-electron chi connectivity index (χ2n) is 7.20. The molecule has 0 fully saturated rings. The van der Waals surface area contributed by atoms with Gasteiger partial charge in [0.1, 0.15) is 5.75 Å². The third kappa shape index (κ3) is 5.10. The van der Waals surface area contributed by atoms with Crippen LogP contribution in [0.15, 0.2) is 58.4 Å². The largest absolute Gasteiger partial charge is 0.494 e. The molecule has 0 aliphatic carbocycles. The number of aromatic nitrogens is 1. The lowest BCUT2D eigenvalue weighted by Crippen LogP contribution is -2.24. The molecule has 3 aromatic rings. The Bertz CT molecular complexity index is 1150. The van der Waals surface area contributed by atoms with Crippen LogP contribution in [0.5, 0.6) is 11.6 Å². The van der Waals surface area contributed by atoms with E-state index in [0.29, 0.717) is 47.3 Å². The highest BCUT2D eigenvalue weighted by Gasteiger charge is 2.16. The van der Waals surface area contributed by atoms with Crippen LogP contribution in [0.3, 0.4) is 0 Å². The van der Waals surface area contributed by atoms with Crippen LogP contribution in [0.2, 0.25) is 0 Å². The van der Waals surface area contributed by atoms with E-state index in [1.54, 1.807) is 48.5 Å². The van der Waals surface area contributed by atoms with Crippen molar-refractivity contribution < 1.29 is 14.6 Å². The van der Waals surface area contributed by atoms with E-state index in [2.05, 4.69) is 10.5 Å². The Hall–Kier alpha value is -3.65. The average Bonchev–Trinajstić information content (AvgIpc) is 2.76. The minimum Gasteiger partial charge on any atom is -0.494 e. The lowest BCUT2D eigenvalue weighted by molar-refractivity contribution is -0.121. The van der Waals surface area contributed by atoms with Gasteiger partial charge in [0.05, 0.1) is 24.1 Å². The highest BCUT2D eigenvalue weighted by Crippen LogP contribution is 2.26. The third-order valence-electron chi connectivity index (χ3n) is 4.68. The summed E-state index contributed by atoms with van der Waals surface area (Å²) in [7, 11) is 3.76. The molecule has 1 heterocycles. The van der Waals surface area contributed by atoms with Crippen LogP contribution in [0.4, 0.5) is 0 Å². The molecular weight excluding hydrogens is 396 g/mol. The quantitative estimate of drug-likeness (QED) is 0.430. The second-order valence-corrected chi connectivity index (χ2v) is 7.20. The summed E-state index contributed by atoms with van der Waals surface area (Å²) in [4.78, 5) is 26.9. The SMILES string of the molecule is CCOc1ccc(-n2c(O)c(/C=N/NC(=O)CCN(C)C)c3ccccc3c2=O)cc1. The minimum absolute atomic E-state index is 0.242. The molecule has 0 bridgehead atoms. The van der Waals surface area contributed by atoms with Crippen molar-refractivity contribution in [2.45, 2.75) is 13.3 Å². The zero-order valence-electron chi connectivity index (χ0n) is 17.8. The third-order valence-corrected chi connectivity index (χ3v) is 4.68. The number of hydrogen-bond acceptors (Lipinski definition) is 6. The van der Waals surface area contributed by atoms with Gasteiger partial charge in [-0.2, -0.15) is 5.10 Å². The van der Waals surface area contributed by atoms with Gasteiger partial charge in [-0.15, -0.1) is 0 Å². The Balaban J connectivity index is 2.02. The van der Waals surface area contributed by atoms with Gasteiger partial charge in [-0.1, -0.05) is 18.2 Å². The van der Waals surface area contributed by atoms with E-state index in [4.69, 9.17) is 4.74 Å². The van der Waals surface area contributed by atoms with Gasteiger partial charge >= 0.3 is 0 Å². The topological polar surface area (TPSA) is 96.2 Å². The fourth-order valence-electron chi connectivity index (χ4n) is 3.14. The average molecular weight is 422 g/mol. The summed E-state index contributed by atoms with van der Waals surface area (Å²) >= 11 is 0. The molecule has 0 atom stereocenters. The summed E-state index contributed by atoms with van der Waals surface area (Å²) in [5.74, 6) is 0.162. The molecule has 3 rings (SSSR count). The summed E-state index contributed by atoms with van der Waals surface area (Å²) in [6.45, 7) is 3.01. The maximum Gasteiger partial charge on any atom is 0.265 e. The summed E-state index contributed by atoms with van der Waals surface area (Å²) < 4.78 is 6.66. The van der Waals surface area contributed by atoms with Crippen LogP contribution >= 0.6 is 0 Å². The van der Waals surface area contributed by atoms with Crippen LogP contribution in [-0.4, -0.2) is 53.9 Å². The highest BCUT2D eigenvalue weighted by molar-refractivity contribution is 6.02. The van der Waals surface area contributed by atoms with E-state index in [0.717, 1.165) is 0 Å². The summed E-state index contributed by atoms with van der Waals surface area (Å²) in [5.41, 5.74) is 2.92. The standard InChI is InChI=1S/C23H26N4O4/c1-4-31-17-11-9-16(10-12-17)27-22(29)19-8-6-5-7-18(19)20(23(27)30)15-24-25-21(28)13-14-26(2)3/h5-12,15,30H,4,13-14H2,1-3H3,(H,25,28)/b24-15+. The maximum atomic E-state index is 13.1. The van der Waals surface area contributed by atoms with Gasteiger partial charge in [0.2, 0.25) is 11.8 Å². The number of hydrazone groups is 1. The van der Waals surface area contributed by atoms with Crippen molar-refractivity contribution in [3.05, 3.63) is 64.4 Å². The zero-order valence-corrected chi connectivity index (χ0v) is 17.8. The molecule has 1 amide bonds. The molecule has 0 unspecified atom stereocenters. The normalized spacial score (nSPS) is 11.4. The Morgan fingerprint density at radius 1 is 1.16 bits per heavy atom. The van der Waals surface area contributed by atoms with Crippen LogP contribution in [0.25, 0.3) is 16.5 Å². The lowest BCUT2D eigenvalue weighted by Gasteiger charge is -2.14. The van der Waals surface area contributed by atoms with Gasteiger partial charge in [0.25, 0.3) is 5.56 Å². The maximum absolute atomic E-state index is 13.1. The van der Waals surface area contributed by atoms with E-state index in [-0.39, 0.29) is 17.3 Å². The number of aromatic hydroxyl groups is 1. The number of amides is 1. The monoisotopic (exact) mass is 422 g/mol. The fraction of sp³-hybridized carbons (Fsp3) is 0.261. The summed E-state index contributed by atoms with van der Waals surface area (Å²) in [6.07, 6.45) is 1.65. The predicted octanol–water partition coefficient (Wildman–Crippen LogP) is 2.50. The number of carbonyl (C=O) groups excluding carboxylic acids is 1. The van der Waals surface area contributed by atoms with Crippen molar-refractivity contribution in [2.24, 2.45) is 5.10 Å². The summed E-state index contributed by atoms with van der Waals surface area (Å²) in [6, 6.07) is 13.8. The Morgan fingerprint density at radius 2 is 1.84 bits per heavy atom. The lowest BCUT2D eigenvalue weighted by atomic mass is 10.1. The van der Waals surface area contributed by atoms with E-state index in [9.17, 15) is 14.7 Å². The van der Waals surface area contributed by atoms with Crippen molar-refractivity contribution in [1.29, 1.82) is 0 Å². The number of pyridine rings is 1. The fourth-order valence-corrected chi connectivity index (χ4v) is 3.14. The van der Waals surface area contributed by atoms with Crippen LogP contribution in [0, 0.1) is 0 Å². The molecule has 0 aliphatic heterocycles. The molecular formula is C23H26N4O4. The molecule has 162 valence electrons. The van der Waals surface area contributed by atoms with Gasteiger partial charge in [0, 0.05) is 23.7 Å². The number of nitrogens with zero attached hydrogens (tertiary/aromatic N) is 3. The molecule has 2 N–H and O–H groups in total. The van der Waals surface area contributed by atoms with Gasteiger partial charge in [-0.25, -0.2) is 9.99 Å². The van der Waals surface area contributed by atoms with Crippen LogP contribution in [-0.2, 0) is 4.79 Å². The van der Waals surface area contributed by atoms with E-state index in [1.165, 1.54) is 10.8 Å². The van der Waals surface area contributed by atoms with Crippen molar-refractivity contribution >= 4 is 22.9 Å². The van der Waals surface area contributed by atoms with E-state index >= 15 is 0 Å². The van der Waals surface area contributed by atoms with Crippen molar-refractivity contribution in [1.82, 2.24) is 14.9 Å². The number of benzene rings is 2. The number of hydrogen-bond donors (Lipinski definition) is 2. The van der Waals surface area contributed by atoms with Crippen molar-refractivity contribution in [2.75, 3.05) is 27.2 Å². The van der Waals surface area contributed by atoms with Gasteiger partial charge in [-0.3, -0.25) is 9.59 Å². The molecule has 0 aliphatic rings. The molecule has 1 aromatic heterocycles. The molecule has 0 radical (unpaired) electrons. The molecule has 0 saturated carbocycles. The first-order valence-corrected chi connectivity index (χ1v) is 9.99. The smallest absolute Gasteiger partial charge is 0.265 e. The Kier molecular flexibility index (Phi) is 7.04. The van der Waals surface area contributed by atoms with E-state index in [1.807, 2.05) is 25.9 Å². The highest BCUT2D eigenvalue weighted by atomic mass is 16.5. The van der Waals surface area contributed by atoms with Crippen LogP contribution < -0.4 is 15.7 Å². The first kappa shape index (κ1) is 22.0. The molecule has 31 heavy (non-hydrogen) atoms. The van der Waals surface area contributed by atoms with Gasteiger partial charge in [0.15, 0.2) is 0 Å². The Morgan fingerprint density at radius 3 is 2.48 bits per heavy atom. The molecule has 0 saturated heterocycles. The van der Waals surface area contributed by atoms with Gasteiger partial charge in [-0.05, 0) is 51.4 Å². The first-order valence-electron chi connectivity index (χ1n) is 9.99. The van der Waals surface area contributed by atoms with E-state index < -0.39 is 0 Å². The number of fused-ring (bicyclic) bond motifs is 1. The molecule has 2 aromatic carbocycles. The number of ether oxygens (including phenoxy) is 1. The zero-order chi connectivity index (χ0) is 22.4. The van der Waals surface area contributed by atoms with Crippen molar-refractivity contribution in [3.8, 4) is 17.3 Å². The molecule has 8 heteroatoms.